The van der Waals surface area contributed by atoms with E-state index in [1.807, 2.05) is 0 Å². The van der Waals surface area contributed by atoms with Crippen LogP contribution in [0.5, 0.6) is 0 Å². The van der Waals surface area contributed by atoms with Gasteiger partial charge in [-0.25, -0.2) is 0 Å². The summed E-state index contributed by atoms with van der Waals surface area (Å²) < 4.78 is 86.7. The van der Waals surface area contributed by atoms with E-state index in [-0.39, 0.29) is 41.2 Å². The minimum absolute atomic E-state index is 0.0158. The second-order valence-electron chi connectivity index (χ2n) is 8.32. The number of nitrogens with one attached hydrogen (secondary N) is 2. The summed E-state index contributed by atoms with van der Waals surface area (Å²) in [7, 11) is 0. The summed E-state index contributed by atoms with van der Waals surface area (Å²) in [6.07, 6.45) is -9.71. The van der Waals surface area contributed by atoms with Crippen molar-refractivity contribution >= 4 is 52.0 Å². The van der Waals surface area contributed by atoms with Crippen molar-refractivity contribution in [3.8, 4) is 0 Å². The molecule has 214 valence electrons. The van der Waals surface area contributed by atoms with Gasteiger partial charge in [0.25, 0.3) is 11.8 Å². The fraction of sp³-hybridized carbons (Fsp3) is 0.435. The molecule has 2 heterocycles. The molecular formula is C23H23ClF6N4O4S. The maximum Gasteiger partial charge on any atom is 0.418 e. The lowest BCUT2D eigenvalue weighted by Gasteiger charge is -2.31. The predicted molar refractivity (Wildman–Crippen MR) is 132 cm³/mol. The molecule has 3 rings (SSSR count). The van der Waals surface area contributed by atoms with E-state index < -0.39 is 60.5 Å². The van der Waals surface area contributed by atoms with Crippen LogP contribution in [0.25, 0.3) is 0 Å². The van der Waals surface area contributed by atoms with Gasteiger partial charge in [-0.05, 0) is 36.9 Å². The van der Waals surface area contributed by atoms with Crippen LogP contribution in [-0.4, -0.2) is 74.2 Å². The smallest absolute Gasteiger partial charge is 0.370 e. The number of carbonyl (C=O) groups is 3. The normalized spacial score (nSPS) is 15.4. The van der Waals surface area contributed by atoms with Crippen LogP contribution in [0, 0.1) is 0 Å². The number of ether oxygens (including phenoxy) is 1. The van der Waals surface area contributed by atoms with Crippen LogP contribution in [-0.2, 0) is 20.5 Å². The number of halogens is 7. The number of alkyl halides is 6. The third kappa shape index (κ3) is 8.30. The van der Waals surface area contributed by atoms with Gasteiger partial charge in [0.15, 0.2) is 0 Å². The van der Waals surface area contributed by atoms with Crippen molar-refractivity contribution in [2.75, 3.05) is 49.6 Å². The van der Waals surface area contributed by atoms with E-state index >= 15 is 0 Å². The number of hydrogen-bond donors (Lipinski definition) is 2. The van der Waals surface area contributed by atoms with Gasteiger partial charge in [-0.3, -0.25) is 19.3 Å². The van der Waals surface area contributed by atoms with E-state index in [1.54, 1.807) is 0 Å². The Labute approximate surface area is 227 Å². The molecule has 8 nitrogen and oxygen atoms in total. The lowest BCUT2D eigenvalue weighted by Crippen LogP contribution is -2.53. The summed E-state index contributed by atoms with van der Waals surface area (Å²) in [5, 5.41) is 4.41. The number of thiophene rings is 1. The minimum Gasteiger partial charge on any atom is -0.370 e. The molecule has 16 heteroatoms. The van der Waals surface area contributed by atoms with E-state index in [0.717, 1.165) is 22.3 Å². The van der Waals surface area contributed by atoms with Crippen molar-refractivity contribution < 1.29 is 45.5 Å². The Bertz CT molecular complexity index is 1210. The Kier molecular flexibility index (Phi) is 9.85. The van der Waals surface area contributed by atoms with Gasteiger partial charge in [-0.2, -0.15) is 26.3 Å². The molecule has 0 spiro atoms. The maximum atomic E-state index is 13.9. The van der Waals surface area contributed by atoms with Gasteiger partial charge in [0.05, 0.1) is 33.6 Å². The molecule has 2 N–H and O–H groups in total. The average molecular weight is 601 g/mol. The molecule has 0 bridgehead atoms. The third-order valence-electron chi connectivity index (χ3n) is 5.65. The molecule has 1 fully saturated rings. The summed E-state index contributed by atoms with van der Waals surface area (Å²) in [6.45, 7) is -1.33. The summed E-state index contributed by atoms with van der Waals surface area (Å²) in [5.74, 6) is -2.48. The number of amides is 3. The van der Waals surface area contributed by atoms with Crippen LogP contribution in [0.3, 0.4) is 0 Å². The first kappa shape index (κ1) is 30.7. The van der Waals surface area contributed by atoms with Crippen molar-refractivity contribution in [3.05, 3.63) is 45.1 Å². The number of carbonyl (C=O) groups excluding carboxylic acids is 3. The lowest BCUT2D eigenvalue weighted by molar-refractivity contribution is -0.153. The summed E-state index contributed by atoms with van der Waals surface area (Å²) in [6, 6.07) is 3.89. The molecule has 0 unspecified atom stereocenters. The van der Waals surface area contributed by atoms with E-state index in [9.17, 15) is 40.7 Å². The fourth-order valence-electron chi connectivity index (χ4n) is 3.82. The van der Waals surface area contributed by atoms with Crippen LogP contribution in [0.4, 0.5) is 37.7 Å². The molecule has 1 aromatic carbocycles. The standard InChI is InChI=1S/C23H23ClF6N4O4S/c1-2-33(12-22(25,26)27)16(10-31-21(37)17-5-6-18(24)39-17)20(36)32-15-4-3-13(9-14(15)23(28,29)30)34-7-8-38-11-19(34)35/h3-6,9,16H,2,7-8,10-12H2,1H3,(H,31,37)(H,32,36)/t16-/m1/s1. The Morgan fingerprint density at radius 1 is 1.18 bits per heavy atom. The van der Waals surface area contributed by atoms with Crippen molar-refractivity contribution in [2.24, 2.45) is 0 Å². The molecule has 0 radical (unpaired) electrons. The average Bonchev–Trinajstić information content (AvgIpc) is 3.29. The quantitative estimate of drug-likeness (QED) is 0.417. The molecule has 1 aliphatic heterocycles. The Hall–Kier alpha value is -2.88. The maximum absolute atomic E-state index is 13.9. The molecule has 1 aliphatic rings. The van der Waals surface area contributed by atoms with E-state index in [4.69, 9.17) is 16.3 Å². The first-order chi connectivity index (χ1) is 18.2. The largest absolute Gasteiger partial charge is 0.418 e. The van der Waals surface area contributed by atoms with Crippen LogP contribution in [0.1, 0.15) is 22.2 Å². The first-order valence-electron chi connectivity index (χ1n) is 11.4. The van der Waals surface area contributed by atoms with Gasteiger partial charge < -0.3 is 20.3 Å². The van der Waals surface area contributed by atoms with E-state index in [1.165, 1.54) is 25.1 Å². The van der Waals surface area contributed by atoms with Gasteiger partial charge in [-0.15, -0.1) is 11.3 Å². The zero-order valence-corrected chi connectivity index (χ0v) is 21.9. The number of nitrogens with zero attached hydrogens (tertiary/aromatic N) is 2. The fourth-order valence-corrected chi connectivity index (χ4v) is 4.78. The highest BCUT2D eigenvalue weighted by atomic mass is 35.5. The second kappa shape index (κ2) is 12.5. The lowest BCUT2D eigenvalue weighted by atomic mass is 10.1. The predicted octanol–water partition coefficient (Wildman–Crippen LogP) is 4.40. The molecule has 1 saturated heterocycles. The summed E-state index contributed by atoms with van der Waals surface area (Å²) in [4.78, 5) is 39.5. The number of likely N-dealkylation sites (N-methyl/N-ethyl adjacent to an activating group) is 1. The van der Waals surface area contributed by atoms with Crippen molar-refractivity contribution in [2.45, 2.75) is 25.3 Å². The SMILES string of the molecule is CCN(CC(F)(F)F)[C@H](CNC(=O)c1ccc(Cl)s1)C(=O)Nc1ccc(N2CCOCC2=O)cc1C(F)(F)F. The molecule has 1 aromatic heterocycles. The Balaban J connectivity index is 1.89. The Morgan fingerprint density at radius 2 is 1.90 bits per heavy atom. The van der Waals surface area contributed by atoms with Crippen LogP contribution in [0.2, 0.25) is 4.34 Å². The summed E-state index contributed by atoms with van der Waals surface area (Å²) in [5.41, 5.74) is -2.11. The van der Waals surface area contributed by atoms with Crippen molar-refractivity contribution in [1.82, 2.24) is 10.2 Å². The van der Waals surface area contributed by atoms with Gasteiger partial charge in [-0.1, -0.05) is 18.5 Å². The Morgan fingerprint density at radius 3 is 2.46 bits per heavy atom. The zero-order valence-electron chi connectivity index (χ0n) is 20.3. The number of hydrogen-bond acceptors (Lipinski definition) is 6. The summed E-state index contributed by atoms with van der Waals surface area (Å²) >= 11 is 6.69. The van der Waals surface area contributed by atoms with Crippen LogP contribution < -0.4 is 15.5 Å². The number of morpholine rings is 1. The molecule has 0 saturated carbocycles. The van der Waals surface area contributed by atoms with Gasteiger partial charge >= 0.3 is 12.4 Å². The van der Waals surface area contributed by atoms with Crippen LogP contribution in [0.15, 0.2) is 30.3 Å². The second-order valence-corrected chi connectivity index (χ2v) is 10.0. The van der Waals surface area contributed by atoms with Gasteiger partial charge in [0, 0.05) is 18.8 Å². The first-order valence-corrected chi connectivity index (χ1v) is 12.6. The zero-order chi connectivity index (χ0) is 29.0. The number of rotatable bonds is 9. The number of anilines is 2. The van der Waals surface area contributed by atoms with E-state index in [0.29, 0.717) is 11.0 Å². The third-order valence-corrected chi connectivity index (χ3v) is 6.88. The van der Waals surface area contributed by atoms with Gasteiger partial charge in [0.2, 0.25) is 5.91 Å². The molecular weight excluding hydrogens is 578 g/mol. The highest BCUT2D eigenvalue weighted by Crippen LogP contribution is 2.38. The highest BCUT2D eigenvalue weighted by molar-refractivity contribution is 7.18. The molecule has 3 amide bonds. The van der Waals surface area contributed by atoms with E-state index in [2.05, 4.69) is 10.6 Å². The topological polar surface area (TPSA) is 91.0 Å². The minimum atomic E-state index is -4.98. The molecule has 39 heavy (non-hydrogen) atoms. The molecule has 1 atom stereocenters. The number of benzene rings is 1. The van der Waals surface area contributed by atoms with Crippen molar-refractivity contribution in [3.63, 3.8) is 0 Å². The molecule has 2 aromatic rings. The highest BCUT2D eigenvalue weighted by Gasteiger charge is 2.39. The van der Waals surface area contributed by atoms with Crippen LogP contribution >= 0.6 is 22.9 Å². The monoisotopic (exact) mass is 600 g/mol. The molecule has 0 aliphatic carbocycles. The van der Waals surface area contributed by atoms with Gasteiger partial charge in [0.1, 0.15) is 12.6 Å². The van der Waals surface area contributed by atoms with Crippen molar-refractivity contribution in [1.29, 1.82) is 0 Å².